The lowest BCUT2D eigenvalue weighted by atomic mass is 10.1. The molecule has 0 aromatic heterocycles. The molecule has 1 unspecified atom stereocenters. The highest BCUT2D eigenvalue weighted by Gasteiger charge is 2.25. The van der Waals surface area contributed by atoms with Gasteiger partial charge in [0.15, 0.2) is 5.78 Å². The molecule has 1 amide bonds. The molecule has 1 aromatic carbocycles. The minimum atomic E-state index is -0.416. The molecule has 108 valence electrons. The summed E-state index contributed by atoms with van der Waals surface area (Å²) in [5, 5.41) is 2.76. The number of Topliss-reactive ketones (excluding diaryl/α,β-unsaturated/α-hetero) is 1. The van der Waals surface area contributed by atoms with Gasteiger partial charge < -0.3 is 10.1 Å². The molecule has 0 saturated carbocycles. The van der Waals surface area contributed by atoms with Crippen molar-refractivity contribution in [2.24, 2.45) is 0 Å². The van der Waals surface area contributed by atoms with E-state index in [0.29, 0.717) is 13.1 Å². The third kappa shape index (κ3) is 4.17. The lowest BCUT2D eigenvalue weighted by Crippen LogP contribution is -2.37. The molecule has 1 aliphatic rings. The number of carbonyl (C=O) groups is 2. The van der Waals surface area contributed by atoms with Gasteiger partial charge in [-0.1, -0.05) is 12.1 Å². The molecular formula is C14H17IN2O3. The van der Waals surface area contributed by atoms with E-state index in [9.17, 15) is 9.59 Å². The second kappa shape index (κ2) is 7.03. The third-order valence-electron chi connectivity index (χ3n) is 3.31. The summed E-state index contributed by atoms with van der Waals surface area (Å²) in [7, 11) is 1.35. The molecule has 1 N–H and O–H groups in total. The number of rotatable bonds is 4. The highest BCUT2D eigenvalue weighted by Crippen LogP contribution is 2.12. The van der Waals surface area contributed by atoms with Crippen LogP contribution in [0.4, 0.5) is 4.79 Å². The first-order valence-electron chi connectivity index (χ1n) is 6.44. The van der Waals surface area contributed by atoms with Crippen molar-refractivity contribution in [2.45, 2.75) is 12.5 Å². The van der Waals surface area contributed by atoms with Crippen molar-refractivity contribution in [1.29, 1.82) is 0 Å². The van der Waals surface area contributed by atoms with Gasteiger partial charge in [0.1, 0.15) is 0 Å². The number of hydrogen-bond donors (Lipinski definition) is 1. The van der Waals surface area contributed by atoms with Crippen LogP contribution >= 0.6 is 22.6 Å². The second-order valence-corrected chi connectivity index (χ2v) is 6.03. The zero-order valence-electron chi connectivity index (χ0n) is 11.3. The minimum absolute atomic E-state index is 0.0620. The number of methoxy groups -OCH3 is 1. The number of ketones is 1. The van der Waals surface area contributed by atoms with E-state index < -0.39 is 6.09 Å². The Bertz CT molecular complexity index is 490. The number of halogens is 1. The first kappa shape index (κ1) is 15.2. The average Bonchev–Trinajstić information content (AvgIpc) is 2.86. The molecule has 6 heteroatoms. The van der Waals surface area contributed by atoms with Gasteiger partial charge in [-0.05, 0) is 41.1 Å². The van der Waals surface area contributed by atoms with Gasteiger partial charge in [0, 0.05) is 28.3 Å². The monoisotopic (exact) mass is 388 g/mol. The molecule has 1 aliphatic heterocycles. The summed E-state index contributed by atoms with van der Waals surface area (Å²) in [6.07, 6.45) is 0.426. The van der Waals surface area contributed by atoms with Gasteiger partial charge in [0.2, 0.25) is 0 Å². The standard InChI is InChI=1S/C14H17IN2O3/c1-20-14(19)16-12-6-7-17(8-12)9-13(18)10-2-4-11(15)5-3-10/h2-5,12H,6-9H2,1H3,(H,16,19). The van der Waals surface area contributed by atoms with Crippen molar-refractivity contribution in [2.75, 3.05) is 26.7 Å². The summed E-state index contributed by atoms with van der Waals surface area (Å²) in [6.45, 7) is 1.88. The van der Waals surface area contributed by atoms with Crippen LogP contribution in [-0.4, -0.2) is 49.6 Å². The Balaban J connectivity index is 1.84. The maximum Gasteiger partial charge on any atom is 0.407 e. The molecule has 2 rings (SSSR count). The number of ether oxygens (including phenoxy) is 1. The Hall–Kier alpha value is -1.15. The van der Waals surface area contributed by atoms with E-state index in [1.807, 2.05) is 24.3 Å². The van der Waals surface area contributed by atoms with Gasteiger partial charge >= 0.3 is 6.09 Å². The Kier molecular flexibility index (Phi) is 5.36. The molecule has 1 aromatic rings. The van der Waals surface area contributed by atoms with Gasteiger partial charge in [0.05, 0.1) is 13.7 Å². The fraction of sp³-hybridized carbons (Fsp3) is 0.429. The molecule has 5 nitrogen and oxygen atoms in total. The number of hydrogen-bond acceptors (Lipinski definition) is 4. The van der Waals surface area contributed by atoms with Gasteiger partial charge in [0.25, 0.3) is 0 Å². The summed E-state index contributed by atoms with van der Waals surface area (Å²) in [5.41, 5.74) is 0.731. The van der Waals surface area contributed by atoms with Gasteiger partial charge in [-0.3, -0.25) is 9.69 Å². The lowest BCUT2D eigenvalue weighted by molar-refractivity contribution is 0.0944. The van der Waals surface area contributed by atoms with Crippen LogP contribution in [0.1, 0.15) is 16.8 Å². The van der Waals surface area contributed by atoms with Crippen LogP contribution in [0, 0.1) is 3.57 Å². The summed E-state index contributed by atoms with van der Waals surface area (Å²) in [5.74, 6) is 0.111. The van der Waals surface area contributed by atoms with Gasteiger partial charge in [-0.15, -0.1) is 0 Å². The quantitative estimate of drug-likeness (QED) is 0.633. The largest absolute Gasteiger partial charge is 0.453 e. The van der Waals surface area contributed by atoms with E-state index >= 15 is 0 Å². The number of amides is 1. The van der Waals surface area contributed by atoms with Crippen LogP contribution in [0.15, 0.2) is 24.3 Å². The molecule has 1 fully saturated rings. The van der Waals surface area contributed by atoms with Crippen molar-refractivity contribution < 1.29 is 14.3 Å². The summed E-state index contributed by atoms with van der Waals surface area (Å²) in [4.78, 5) is 25.3. The van der Waals surface area contributed by atoms with E-state index in [4.69, 9.17) is 0 Å². The topological polar surface area (TPSA) is 58.6 Å². The van der Waals surface area contributed by atoms with Crippen molar-refractivity contribution in [3.8, 4) is 0 Å². The molecule has 1 saturated heterocycles. The number of nitrogens with one attached hydrogen (secondary N) is 1. The molecule has 0 bridgehead atoms. The Morgan fingerprint density at radius 1 is 1.40 bits per heavy atom. The smallest absolute Gasteiger partial charge is 0.407 e. The fourth-order valence-electron chi connectivity index (χ4n) is 2.25. The second-order valence-electron chi connectivity index (χ2n) is 4.79. The van der Waals surface area contributed by atoms with Crippen LogP contribution < -0.4 is 5.32 Å². The van der Waals surface area contributed by atoms with Crippen molar-refractivity contribution in [1.82, 2.24) is 10.2 Å². The fourth-order valence-corrected chi connectivity index (χ4v) is 2.61. The van der Waals surface area contributed by atoms with Crippen molar-refractivity contribution >= 4 is 34.5 Å². The van der Waals surface area contributed by atoms with Crippen LogP contribution in [0.25, 0.3) is 0 Å². The zero-order valence-corrected chi connectivity index (χ0v) is 13.4. The summed E-state index contributed by atoms with van der Waals surface area (Å²) < 4.78 is 5.69. The van der Waals surface area contributed by atoms with Crippen LogP contribution in [0.5, 0.6) is 0 Å². The van der Waals surface area contributed by atoms with Crippen molar-refractivity contribution in [3.63, 3.8) is 0 Å². The maximum absolute atomic E-state index is 12.1. The van der Waals surface area contributed by atoms with Crippen LogP contribution in [0.2, 0.25) is 0 Å². The summed E-state index contributed by atoms with van der Waals surface area (Å²) in [6, 6.07) is 7.63. The molecule has 0 radical (unpaired) electrons. The molecule has 0 aliphatic carbocycles. The van der Waals surface area contributed by atoms with Gasteiger partial charge in [-0.2, -0.15) is 0 Å². The highest BCUT2D eigenvalue weighted by molar-refractivity contribution is 14.1. The number of likely N-dealkylation sites (tertiary alicyclic amines) is 1. The third-order valence-corrected chi connectivity index (χ3v) is 4.03. The van der Waals surface area contributed by atoms with E-state index in [2.05, 4.69) is 37.5 Å². The normalized spacial score (nSPS) is 18.8. The lowest BCUT2D eigenvalue weighted by Gasteiger charge is -2.15. The molecular weight excluding hydrogens is 371 g/mol. The van der Waals surface area contributed by atoms with Gasteiger partial charge in [-0.25, -0.2) is 4.79 Å². The zero-order chi connectivity index (χ0) is 14.5. The summed E-state index contributed by atoms with van der Waals surface area (Å²) >= 11 is 2.21. The highest BCUT2D eigenvalue weighted by atomic mass is 127. The first-order chi connectivity index (χ1) is 9.58. The maximum atomic E-state index is 12.1. The predicted octanol–water partition coefficient (Wildman–Crippen LogP) is 1.90. The molecule has 1 atom stereocenters. The van der Waals surface area contributed by atoms with E-state index in [0.717, 1.165) is 22.1 Å². The Labute approximate surface area is 131 Å². The Morgan fingerprint density at radius 2 is 2.10 bits per heavy atom. The number of alkyl carbamates (subject to hydrolysis) is 1. The number of benzene rings is 1. The SMILES string of the molecule is COC(=O)NC1CCN(CC(=O)c2ccc(I)cc2)C1. The predicted molar refractivity (Wildman–Crippen MR) is 83.9 cm³/mol. The van der Waals surface area contributed by atoms with Crippen LogP contribution in [-0.2, 0) is 4.74 Å². The number of carbonyl (C=O) groups excluding carboxylic acids is 2. The molecule has 1 heterocycles. The number of nitrogens with zero attached hydrogens (tertiary/aromatic N) is 1. The average molecular weight is 388 g/mol. The first-order valence-corrected chi connectivity index (χ1v) is 7.52. The van der Waals surface area contributed by atoms with Crippen molar-refractivity contribution in [3.05, 3.63) is 33.4 Å². The van der Waals surface area contributed by atoms with E-state index in [1.165, 1.54) is 7.11 Å². The molecule has 0 spiro atoms. The Morgan fingerprint density at radius 3 is 2.75 bits per heavy atom. The van der Waals surface area contributed by atoms with Crippen LogP contribution in [0.3, 0.4) is 0 Å². The molecule has 20 heavy (non-hydrogen) atoms. The van der Waals surface area contributed by atoms with E-state index in [1.54, 1.807) is 0 Å². The van der Waals surface area contributed by atoms with E-state index in [-0.39, 0.29) is 11.8 Å². The minimum Gasteiger partial charge on any atom is -0.453 e.